The number of furan rings is 1. The number of hydrogen-bond donors (Lipinski definition) is 0. The molecule has 0 unspecified atom stereocenters. The summed E-state index contributed by atoms with van der Waals surface area (Å²) in [5.41, 5.74) is 18.1. The fraction of sp³-hybridized carbons (Fsp3) is 0.0357. The van der Waals surface area contributed by atoms with Gasteiger partial charge in [-0.05, 0) is 117 Å². The molecule has 0 spiro atoms. The van der Waals surface area contributed by atoms with Gasteiger partial charge in [-0.2, -0.15) is 0 Å². The minimum Gasteiger partial charge on any atom is -0.456 e. The highest BCUT2D eigenvalue weighted by Crippen LogP contribution is 2.55. The number of anilines is 3. The quantitative estimate of drug-likeness (QED) is 0.162. The highest BCUT2D eigenvalue weighted by molar-refractivity contribution is 6.08. The van der Waals surface area contributed by atoms with Gasteiger partial charge < -0.3 is 9.32 Å². The molecule has 1 aliphatic carbocycles. The minimum atomic E-state index is -0.431. The highest BCUT2D eigenvalue weighted by Gasteiger charge is 2.42. The fourth-order valence-electron chi connectivity index (χ4n) is 9.25. The topological polar surface area (TPSA) is 16.4 Å². The van der Waals surface area contributed by atoms with Gasteiger partial charge in [0.15, 0.2) is 0 Å². The molecule has 9 aromatic carbocycles. The van der Waals surface area contributed by atoms with Crippen LogP contribution >= 0.6 is 0 Å². The molecular formula is C56H39NO. The molecule has 1 aromatic heterocycles. The molecule has 1 heterocycles. The van der Waals surface area contributed by atoms with Crippen molar-refractivity contribution in [3.63, 3.8) is 0 Å². The SMILES string of the molecule is CC1(c2cc(-c3cccc(N(c4ccc(-c5ccccc5)cc4)c4ccc(-c5ccccc5)cc4)c3)cc3c2oc2ccccc23)c2ccccc2-c2ccccc21. The Morgan fingerprint density at radius 1 is 0.345 bits per heavy atom. The van der Waals surface area contributed by atoms with E-state index < -0.39 is 5.41 Å². The Morgan fingerprint density at radius 2 is 0.845 bits per heavy atom. The summed E-state index contributed by atoms with van der Waals surface area (Å²) in [6.07, 6.45) is 0. The predicted molar refractivity (Wildman–Crippen MR) is 242 cm³/mol. The van der Waals surface area contributed by atoms with Crippen LogP contribution in [-0.2, 0) is 5.41 Å². The largest absolute Gasteiger partial charge is 0.456 e. The molecule has 274 valence electrons. The van der Waals surface area contributed by atoms with E-state index in [2.05, 4.69) is 230 Å². The maximum absolute atomic E-state index is 6.83. The van der Waals surface area contributed by atoms with E-state index in [0.29, 0.717) is 0 Å². The molecule has 0 atom stereocenters. The molecule has 2 nitrogen and oxygen atoms in total. The van der Waals surface area contributed by atoms with E-state index in [4.69, 9.17) is 4.42 Å². The zero-order chi connectivity index (χ0) is 38.6. The van der Waals surface area contributed by atoms with Crippen LogP contribution in [0.5, 0.6) is 0 Å². The smallest absolute Gasteiger partial charge is 0.139 e. The summed E-state index contributed by atoms with van der Waals surface area (Å²) >= 11 is 0. The molecule has 0 aliphatic heterocycles. The van der Waals surface area contributed by atoms with Gasteiger partial charge in [0.05, 0.1) is 0 Å². The van der Waals surface area contributed by atoms with Gasteiger partial charge in [0, 0.05) is 38.8 Å². The lowest BCUT2D eigenvalue weighted by atomic mass is 9.73. The molecule has 11 rings (SSSR count). The zero-order valence-corrected chi connectivity index (χ0v) is 32.1. The zero-order valence-electron chi connectivity index (χ0n) is 32.1. The molecular weight excluding hydrogens is 703 g/mol. The monoisotopic (exact) mass is 741 g/mol. The van der Waals surface area contributed by atoms with Gasteiger partial charge in [-0.1, -0.05) is 164 Å². The third kappa shape index (κ3) is 5.49. The van der Waals surface area contributed by atoms with Crippen LogP contribution in [-0.4, -0.2) is 0 Å². The summed E-state index contributed by atoms with van der Waals surface area (Å²) < 4.78 is 6.83. The number of nitrogens with zero attached hydrogens (tertiary/aromatic N) is 1. The Labute approximate surface area is 338 Å². The third-order valence-corrected chi connectivity index (χ3v) is 12.1. The number of benzene rings is 9. The molecule has 1 aliphatic rings. The fourth-order valence-corrected chi connectivity index (χ4v) is 9.25. The van der Waals surface area contributed by atoms with Crippen molar-refractivity contribution in [2.75, 3.05) is 4.90 Å². The number of fused-ring (bicyclic) bond motifs is 6. The lowest BCUT2D eigenvalue weighted by molar-refractivity contribution is 0.638. The van der Waals surface area contributed by atoms with Crippen molar-refractivity contribution < 1.29 is 4.42 Å². The van der Waals surface area contributed by atoms with E-state index in [1.165, 1.54) is 50.1 Å². The normalized spacial score (nSPS) is 12.7. The first-order valence-corrected chi connectivity index (χ1v) is 20.0. The lowest BCUT2D eigenvalue weighted by Gasteiger charge is -2.29. The average Bonchev–Trinajstić information content (AvgIpc) is 3.80. The Kier molecular flexibility index (Phi) is 7.97. The van der Waals surface area contributed by atoms with E-state index in [9.17, 15) is 0 Å². The van der Waals surface area contributed by atoms with Crippen LogP contribution in [0, 0.1) is 0 Å². The van der Waals surface area contributed by atoms with Gasteiger partial charge >= 0.3 is 0 Å². The Balaban J connectivity index is 1.09. The van der Waals surface area contributed by atoms with Crippen molar-refractivity contribution in [1.29, 1.82) is 0 Å². The second-order valence-electron chi connectivity index (χ2n) is 15.4. The van der Waals surface area contributed by atoms with Gasteiger partial charge in [-0.3, -0.25) is 0 Å². The summed E-state index contributed by atoms with van der Waals surface area (Å²) in [5, 5.41) is 2.25. The summed E-state index contributed by atoms with van der Waals surface area (Å²) in [6.45, 7) is 2.37. The molecule has 58 heavy (non-hydrogen) atoms. The van der Waals surface area contributed by atoms with Crippen molar-refractivity contribution in [3.8, 4) is 44.5 Å². The van der Waals surface area contributed by atoms with Gasteiger partial charge in [0.1, 0.15) is 11.2 Å². The molecule has 0 bridgehead atoms. The second kappa shape index (κ2) is 13.7. The van der Waals surface area contributed by atoms with Crippen LogP contribution < -0.4 is 4.90 Å². The Bertz CT molecular complexity index is 2980. The average molecular weight is 742 g/mol. The van der Waals surface area contributed by atoms with E-state index in [1.807, 2.05) is 0 Å². The standard InChI is InChI=1S/C56H39NO/c1-56(51-24-11-8-21-47(51)48-22-9-12-25-52(48)56)53-37-43(36-50-49-23-10-13-26-54(49)58-55(50)53)42-19-14-20-46(35-42)57(44-31-27-40(28-32-44)38-15-4-2-5-16-38)45-33-29-41(30-34-45)39-17-6-3-7-18-39/h2-37H,1H3. The van der Waals surface area contributed by atoms with Crippen molar-refractivity contribution in [2.24, 2.45) is 0 Å². The minimum absolute atomic E-state index is 0.431. The van der Waals surface area contributed by atoms with Gasteiger partial charge in [-0.15, -0.1) is 0 Å². The number of hydrogen-bond acceptors (Lipinski definition) is 2. The lowest BCUT2D eigenvalue weighted by Crippen LogP contribution is -2.22. The number of rotatable bonds is 7. The summed E-state index contributed by atoms with van der Waals surface area (Å²) in [6, 6.07) is 78.8. The molecule has 0 amide bonds. The molecule has 0 saturated carbocycles. The molecule has 2 heteroatoms. The van der Waals surface area contributed by atoms with Crippen molar-refractivity contribution >= 4 is 39.0 Å². The van der Waals surface area contributed by atoms with Crippen LogP contribution in [0.4, 0.5) is 17.1 Å². The summed E-state index contributed by atoms with van der Waals surface area (Å²) in [4.78, 5) is 2.37. The van der Waals surface area contributed by atoms with Crippen molar-refractivity contribution in [3.05, 3.63) is 235 Å². The third-order valence-electron chi connectivity index (χ3n) is 12.1. The molecule has 0 radical (unpaired) electrons. The summed E-state index contributed by atoms with van der Waals surface area (Å²) in [5.74, 6) is 0. The summed E-state index contributed by atoms with van der Waals surface area (Å²) in [7, 11) is 0. The van der Waals surface area contributed by atoms with Crippen LogP contribution in [0.25, 0.3) is 66.4 Å². The first-order chi connectivity index (χ1) is 28.6. The van der Waals surface area contributed by atoms with Crippen LogP contribution in [0.1, 0.15) is 23.6 Å². The van der Waals surface area contributed by atoms with Crippen molar-refractivity contribution in [1.82, 2.24) is 0 Å². The van der Waals surface area contributed by atoms with Gasteiger partial charge in [0.25, 0.3) is 0 Å². The van der Waals surface area contributed by atoms with E-state index in [1.54, 1.807) is 0 Å². The van der Waals surface area contributed by atoms with Gasteiger partial charge in [-0.25, -0.2) is 0 Å². The van der Waals surface area contributed by atoms with Gasteiger partial charge in [0.2, 0.25) is 0 Å². The highest BCUT2D eigenvalue weighted by atomic mass is 16.3. The Hall–Kier alpha value is -7.42. The molecule has 0 saturated heterocycles. The predicted octanol–water partition coefficient (Wildman–Crippen LogP) is 15.4. The van der Waals surface area contributed by atoms with Crippen LogP contribution in [0.15, 0.2) is 223 Å². The molecule has 0 N–H and O–H groups in total. The van der Waals surface area contributed by atoms with E-state index in [-0.39, 0.29) is 0 Å². The van der Waals surface area contributed by atoms with Crippen molar-refractivity contribution in [2.45, 2.75) is 12.3 Å². The molecule has 0 fully saturated rings. The number of para-hydroxylation sites is 1. The Morgan fingerprint density at radius 3 is 1.45 bits per heavy atom. The van der Waals surface area contributed by atoms with E-state index >= 15 is 0 Å². The maximum Gasteiger partial charge on any atom is 0.139 e. The maximum atomic E-state index is 6.83. The first kappa shape index (κ1) is 33.9. The van der Waals surface area contributed by atoms with Crippen LogP contribution in [0.3, 0.4) is 0 Å². The van der Waals surface area contributed by atoms with Crippen LogP contribution in [0.2, 0.25) is 0 Å². The first-order valence-electron chi connectivity index (χ1n) is 20.0. The van der Waals surface area contributed by atoms with E-state index in [0.717, 1.165) is 50.1 Å². The molecule has 10 aromatic rings. The second-order valence-corrected chi connectivity index (χ2v) is 15.4.